The van der Waals surface area contributed by atoms with Gasteiger partial charge in [-0.2, -0.15) is 0 Å². The summed E-state index contributed by atoms with van der Waals surface area (Å²) in [5.41, 5.74) is 1.15. The van der Waals surface area contributed by atoms with E-state index in [9.17, 15) is 0 Å². The van der Waals surface area contributed by atoms with Crippen molar-refractivity contribution in [3.63, 3.8) is 0 Å². The largest absolute Gasteiger partial charge is 0.396 e. The van der Waals surface area contributed by atoms with Crippen LogP contribution in [0.15, 0.2) is 16.6 Å². The number of rotatable bonds is 8. The molecule has 0 saturated carbocycles. The summed E-state index contributed by atoms with van der Waals surface area (Å²) in [5.74, 6) is 0.676. The van der Waals surface area contributed by atoms with Crippen LogP contribution in [0.3, 0.4) is 0 Å². The van der Waals surface area contributed by atoms with Crippen molar-refractivity contribution in [3.8, 4) is 0 Å². The van der Waals surface area contributed by atoms with Crippen molar-refractivity contribution < 1.29 is 9.84 Å². The number of fused-ring (bicyclic) bond motifs is 1. The van der Waals surface area contributed by atoms with Gasteiger partial charge in [-0.25, -0.2) is 4.98 Å². The number of nitrogens with zero attached hydrogens (tertiary/aromatic N) is 2. The van der Waals surface area contributed by atoms with Crippen LogP contribution in [0, 0.1) is 0 Å². The summed E-state index contributed by atoms with van der Waals surface area (Å²) in [5, 5.41) is 15.3. The molecule has 0 spiro atoms. The number of methoxy groups -OCH3 is 1. The van der Waals surface area contributed by atoms with Crippen LogP contribution in [-0.2, 0) is 11.3 Å². The SMILES string of the molecule is COCCNCc1c(SCCO)nc2sccn12. The van der Waals surface area contributed by atoms with Gasteiger partial charge in [-0.3, -0.25) is 4.40 Å². The second-order valence-corrected chi connectivity index (χ2v) is 5.62. The standard InChI is InChI=1S/C11H17N3O2S2/c1-16-5-2-12-8-9-10(17-7-4-15)13-11-14(9)3-6-18-11/h3,6,12,15H,2,4-5,7-8H2,1H3. The van der Waals surface area contributed by atoms with E-state index in [1.165, 1.54) is 0 Å². The Kier molecular flexibility index (Phi) is 5.45. The van der Waals surface area contributed by atoms with Gasteiger partial charge in [0.25, 0.3) is 0 Å². The number of ether oxygens (including phenoxy) is 1. The molecule has 0 aliphatic heterocycles. The lowest BCUT2D eigenvalue weighted by Gasteiger charge is -2.05. The van der Waals surface area contributed by atoms with E-state index in [0.29, 0.717) is 12.4 Å². The molecule has 100 valence electrons. The number of aromatic nitrogens is 2. The van der Waals surface area contributed by atoms with E-state index >= 15 is 0 Å². The van der Waals surface area contributed by atoms with Crippen LogP contribution < -0.4 is 5.32 Å². The summed E-state index contributed by atoms with van der Waals surface area (Å²) in [6.07, 6.45) is 2.03. The van der Waals surface area contributed by atoms with Crippen LogP contribution in [0.25, 0.3) is 4.96 Å². The number of thioether (sulfide) groups is 1. The highest BCUT2D eigenvalue weighted by Crippen LogP contribution is 2.25. The fraction of sp³-hybridized carbons (Fsp3) is 0.545. The molecule has 5 nitrogen and oxygen atoms in total. The summed E-state index contributed by atoms with van der Waals surface area (Å²) >= 11 is 3.22. The van der Waals surface area contributed by atoms with Crippen LogP contribution in [0.1, 0.15) is 5.69 Å². The number of hydrogen-bond donors (Lipinski definition) is 2. The van der Waals surface area contributed by atoms with Crippen molar-refractivity contribution in [2.24, 2.45) is 0 Å². The molecule has 0 amide bonds. The Morgan fingerprint density at radius 1 is 1.61 bits per heavy atom. The van der Waals surface area contributed by atoms with E-state index in [2.05, 4.69) is 14.7 Å². The first-order chi connectivity index (χ1) is 8.86. The molecule has 0 radical (unpaired) electrons. The van der Waals surface area contributed by atoms with E-state index < -0.39 is 0 Å². The molecule has 0 unspecified atom stereocenters. The average molecular weight is 287 g/mol. The van der Waals surface area contributed by atoms with Gasteiger partial charge in [0.15, 0.2) is 4.96 Å². The van der Waals surface area contributed by atoms with Gasteiger partial charge in [-0.1, -0.05) is 0 Å². The van der Waals surface area contributed by atoms with Crippen LogP contribution in [0.4, 0.5) is 0 Å². The highest BCUT2D eigenvalue weighted by Gasteiger charge is 2.12. The van der Waals surface area contributed by atoms with Crippen molar-refractivity contribution in [2.45, 2.75) is 11.6 Å². The van der Waals surface area contributed by atoms with Crippen molar-refractivity contribution in [1.29, 1.82) is 0 Å². The lowest BCUT2D eigenvalue weighted by atomic mass is 10.4. The fourth-order valence-corrected chi connectivity index (χ4v) is 3.18. The minimum atomic E-state index is 0.173. The molecular formula is C11H17N3O2S2. The zero-order valence-electron chi connectivity index (χ0n) is 10.3. The monoisotopic (exact) mass is 287 g/mol. The molecule has 0 aliphatic carbocycles. The van der Waals surface area contributed by atoms with E-state index in [4.69, 9.17) is 9.84 Å². The smallest absolute Gasteiger partial charge is 0.194 e. The quantitative estimate of drug-likeness (QED) is 0.565. The van der Waals surface area contributed by atoms with Crippen LogP contribution in [-0.4, -0.2) is 47.1 Å². The zero-order valence-corrected chi connectivity index (χ0v) is 11.9. The minimum absolute atomic E-state index is 0.173. The highest BCUT2D eigenvalue weighted by atomic mass is 32.2. The van der Waals surface area contributed by atoms with Gasteiger partial charge in [0.2, 0.25) is 0 Å². The second kappa shape index (κ2) is 7.10. The third-order valence-electron chi connectivity index (χ3n) is 2.43. The molecule has 0 saturated heterocycles. The van der Waals surface area contributed by atoms with Crippen molar-refractivity contribution in [3.05, 3.63) is 17.3 Å². The first kappa shape index (κ1) is 13.8. The molecule has 2 heterocycles. The van der Waals surface area contributed by atoms with Gasteiger partial charge in [-0.15, -0.1) is 23.1 Å². The van der Waals surface area contributed by atoms with Crippen LogP contribution >= 0.6 is 23.1 Å². The molecular weight excluding hydrogens is 270 g/mol. The van der Waals surface area contributed by atoms with Gasteiger partial charge < -0.3 is 15.2 Å². The molecule has 7 heteroatoms. The predicted octanol–water partition coefficient (Wildman–Crippen LogP) is 1.22. The predicted molar refractivity (Wildman–Crippen MR) is 74.5 cm³/mol. The molecule has 2 N–H and O–H groups in total. The first-order valence-corrected chi connectivity index (χ1v) is 7.61. The Labute approximate surface area is 114 Å². The summed E-state index contributed by atoms with van der Waals surface area (Å²) < 4.78 is 7.11. The molecule has 0 fully saturated rings. The number of aliphatic hydroxyl groups is 1. The summed E-state index contributed by atoms with van der Waals surface area (Å²) in [6, 6.07) is 0. The van der Waals surface area contributed by atoms with Gasteiger partial charge in [0.1, 0.15) is 5.03 Å². The molecule has 2 rings (SSSR count). The Bertz CT molecular complexity index is 484. The summed E-state index contributed by atoms with van der Waals surface area (Å²) in [6.45, 7) is 2.45. The molecule has 0 aromatic carbocycles. The van der Waals surface area contributed by atoms with Gasteiger partial charge in [-0.05, 0) is 0 Å². The van der Waals surface area contributed by atoms with Gasteiger partial charge >= 0.3 is 0 Å². The number of hydrogen-bond acceptors (Lipinski definition) is 6. The lowest BCUT2D eigenvalue weighted by molar-refractivity contribution is 0.199. The number of nitrogens with one attached hydrogen (secondary N) is 1. The summed E-state index contributed by atoms with van der Waals surface area (Å²) in [4.78, 5) is 5.57. The molecule has 0 aliphatic rings. The third-order valence-corrected chi connectivity index (χ3v) is 4.17. The topological polar surface area (TPSA) is 58.8 Å². The maximum Gasteiger partial charge on any atom is 0.194 e. The summed E-state index contributed by atoms with van der Waals surface area (Å²) in [7, 11) is 1.69. The van der Waals surface area contributed by atoms with Gasteiger partial charge in [0, 0.05) is 37.5 Å². The van der Waals surface area contributed by atoms with Crippen LogP contribution in [0.5, 0.6) is 0 Å². The Morgan fingerprint density at radius 2 is 2.50 bits per heavy atom. The number of aliphatic hydroxyl groups excluding tert-OH is 1. The van der Waals surface area contributed by atoms with E-state index in [-0.39, 0.29) is 6.61 Å². The van der Waals surface area contributed by atoms with Crippen molar-refractivity contribution in [1.82, 2.24) is 14.7 Å². The Hall–Kier alpha value is -0.600. The maximum atomic E-state index is 8.91. The first-order valence-electron chi connectivity index (χ1n) is 5.74. The maximum absolute atomic E-state index is 8.91. The van der Waals surface area contributed by atoms with Crippen LogP contribution in [0.2, 0.25) is 0 Å². The normalized spacial score (nSPS) is 11.4. The second-order valence-electron chi connectivity index (χ2n) is 3.66. The number of thiazole rings is 1. The molecule has 0 bridgehead atoms. The lowest BCUT2D eigenvalue weighted by Crippen LogP contribution is -2.19. The van der Waals surface area contributed by atoms with E-state index in [1.54, 1.807) is 30.2 Å². The molecule has 0 atom stereocenters. The Balaban J connectivity index is 2.08. The highest BCUT2D eigenvalue weighted by molar-refractivity contribution is 7.99. The zero-order chi connectivity index (χ0) is 12.8. The van der Waals surface area contributed by atoms with E-state index in [1.807, 2.05) is 11.6 Å². The van der Waals surface area contributed by atoms with Crippen molar-refractivity contribution >= 4 is 28.1 Å². The Morgan fingerprint density at radius 3 is 3.28 bits per heavy atom. The average Bonchev–Trinajstić information content (AvgIpc) is 2.93. The molecule has 18 heavy (non-hydrogen) atoms. The minimum Gasteiger partial charge on any atom is -0.396 e. The van der Waals surface area contributed by atoms with Crippen molar-refractivity contribution in [2.75, 3.05) is 32.6 Å². The third kappa shape index (κ3) is 3.24. The molecule has 2 aromatic rings. The van der Waals surface area contributed by atoms with E-state index in [0.717, 1.165) is 28.8 Å². The number of imidazole rings is 1. The fourth-order valence-electron chi connectivity index (χ4n) is 1.61. The van der Waals surface area contributed by atoms with Gasteiger partial charge in [0.05, 0.1) is 18.9 Å². The molecule has 2 aromatic heterocycles.